The smallest absolute Gasteiger partial charge is 0.255 e. The monoisotopic (exact) mass is 449 g/mol. The van der Waals surface area contributed by atoms with Crippen molar-refractivity contribution < 1.29 is 14.4 Å². The molecule has 7 heteroatoms. The van der Waals surface area contributed by atoms with Crippen molar-refractivity contribution >= 4 is 46.1 Å². The van der Waals surface area contributed by atoms with Gasteiger partial charge in [-0.05, 0) is 60.7 Å². The van der Waals surface area contributed by atoms with E-state index in [1.807, 2.05) is 25.3 Å². The van der Waals surface area contributed by atoms with E-state index in [1.165, 1.54) is 4.88 Å². The van der Waals surface area contributed by atoms with E-state index in [0.717, 1.165) is 12.8 Å². The van der Waals surface area contributed by atoms with Crippen LogP contribution in [0.15, 0.2) is 66.0 Å². The molecule has 0 radical (unpaired) electrons. The first-order chi connectivity index (χ1) is 15.4. The highest BCUT2D eigenvalue weighted by atomic mass is 32.1. The minimum absolute atomic E-state index is 0.0762. The molecule has 0 saturated heterocycles. The van der Waals surface area contributed by atoms with E-state index in [4.69, 9.17) is 0 Å². The van der Waals surface area contributed by atoms with Crippen LogP contribution in [0.1, 0.15) is 41.9 Å². The van der Waals surface area contributed by atoms with Crippen molar-refractivity contribution in [3.8, 4) is 0 Å². The number of rotatable bonds is 9. The summed E-state index contributed by atoms with van der Waals surface area (Å²) < 4.78 is 0. The number of carbonyl (C=O) groups excluding carboxylic acids is 3. The number of amides is 3. The molecule has 0 saturated carbocycles. The number of anilines is 3. The average Bonchev–Trinajstić information content (AvgIpc) is 3.27. The summed E-state index contributed by atoms with van der Waals surface area (Å²) in [6.07, 6.45) is 2.07. The average molecular weight is 450 g/mol. The van der Waals surface area contributed by atoms with Crippen LogP contribution >= 0.6 is 11.3 Å². The molecule has 0 aliphatic heterocycles. The van der Waals surface area contributed by atoms with Crippen LogP contribution in [0.3, 0.4) is 0 Å². The van der Waals surface area contributed by atoms with E-state index in [-0.39, 0.29) is 23.6 Å². The third kappa shape index (κ3) is 7.06. The van der Waals surface area contributed by atoms with Crippen LogP contribution in [0.5, 0.6) is 0 Å². The Bertz CT molecular complexity index is 1080. The lowest BCUT2D eigenvalue weighted by Gasteiger charge is -2.11. The molecular weight excluding hydrogens is 422 g/mol. The first-order valence-corrected chi connectivity index (χ1v) is 11.4. The predicted octanol–water partition coefficient (Wildman–Crippen LogP) is 5.56. The molecule has 0 spiro atoms. The molecule has 0 aliphatic carbocycles. The Labute approximate surface area is 192 Å². The van der Waals surface area contributed by atoms with Crippen LogP contribution in [0.25, 0.3) is 0 Å². The van der Waals surface area contributed by atoms with Gasteiger partial charge in [0, 0.05) is 39.8 Å². The third-order valence-electron chi connectivity index (χ3n) is 4.73. The fourth-order valence-electron chi connectivity index (χ4n) is 3.00. The van der Waals surface area contributed by atoms with E-state index >= 15 is 0 Å². The van der Waals surface area contributed by atoms with Crippen molar-refractivity contribution in [2.75, 3.05) is 16.0 Å². The van der Waals surface area contributed by atoms with Gasteiger partial charge < -0.3 is 16.0 Å². The second-order valence-electron chi connectivity index (χ2n) is 7.74. The van der Waals surface area contributed by atoms with E-state index in [2.05, 4.69) is 22.0 Å². The molecule has 0 bridgehead atoms. The second kappa shape index (κ2) is 11.2. The number of hydrogen-bond acceptors (Lipinski definition) is 4. The van der Waals surface area contributed by atoms with Crippen molar-refractivity contribution in [3.63, 3.8) is 0 Å². The topological polar surface area (TPSA) is 87.3 Å². The Morgan fingerprint density at radius 3 is 2.22 bits per heavy atom. The van der Waals surface area contributed by atoms with Crippen molar-refractivity contribution in [2.24, 2.45) is 5.92 Å². The molecule has 0 aliphatic rings. The molecule has 1 aromatic heterocycles. The lowest BCUT2D eigenvalue weighted by molar-refractivity contribution is -0.119. The summed E-state index contributed by atoms with van der Waals surface area (Å²) in [7, 11) is 0. The zero-order valence-corrected chi connectivity index (χ0v) is 19.0. The van der Waals surface area contributed by atoms with Gasteiger partial charge in [0.1, 0.15) is 0 Å². The van der Waals surface area contributed by atoms with Crippen molar-refractivity contribution in [2.45, 2.75) is 33.1 Å². The van der Waals surface area contributed by atoms with Gasteiger partial charge >= 0.3 is 0 Å². The van der Waals surface area contributed by atoms with Crippen molar-refractivity contribution in [1.29, 1.82) is 0 Å². The molecule has 0 atom stereocenters. The van der Waals surface area contributed by atoms with Crippen LogP contribution in [-0.4, -0.2) is 17.7 Å². The third-order valence-corrected chi connectivity index (χ3v) is 5.66. The normalized spacial score (nSPS) is 10.6. The maximum absolute atomic E-state index is 12.7. The van der Waals surface area contributed by atoms with Crippen LogP contribution in [-0.2, 0) is 16.0 Å². The fraction of sp³-hybridized carbons (Fsp3) is 0.240. The van der Waals surface area contributed by atoms with Gasteiger partial charge in [-0.3, -0.25) is 14.4 Å². The Morgan fingerprint density at radius 2 is 1.53 bits per heavy atom. The van der Waals surface area contributed by atoms with Gasteiger partial charge in [0.25, 0.3) is 5.91 Å². The summed E-state index contributed by atoms with van der Waals surface area (Å²) in [5.74, 6) is -0.604. The zero-order valence-electron chi connectivity index (χ0n) is 18.2. The molecule has 32 heavy (non-hydrogen) atoms. The molecule has 0 fully saturated rings. The second-order valence-corrected chi connectivity index (χ2v) is 8.77. The predicted molar refractivity (Wildman–Crippen MR) is 130 cm³/mol. The first-order valence-electron chi connectivity index (χ1n) is 10.6. The van der Waals surface area contributed by atoms with Crippen LogP contribution in [0.4, 0.5) is 17.1 Å². The number of aryl methyl sites for hydroxylation is 1. The van der Waals surface area contributed by atoms with Gasteiger partial charge in [0.15, 0.2) is 0 Å². The van der Waals surface area contributed by atoms with Gasteiger partial charge in [0.2, 0.25) is 11.8 Å². The van der Waals surface area contributed by atoms with Crippen LogP contribution < -0.4 is 16.0 Å². The molecule has 166 valence electrons. The quantitative estimate of drug-likeness (QED) is 0.400. The first kappa shape index (κ1) is 23.2. The molecule has 3 amide bonds. The number of hydrogen-bond donors (Lipinski definition) is 3. The highest BCUT2D eigenvalue weighted by molar-refractivity contribution is 7.09. The lowest BCUT2D eigenvalue weighted by Crippen LogP contribution is -2.18. The Hall–Kier alpha value is -3.45. The molecule has 3 N–H and O–H groups in total. The van der Waals surface area contributed by atoms with Crippen molar-refractivity contribution in [3.05, 3.63) is 76.5 Å². The minimum atomic E-state index is -0.300. The van der Waals surface area contributed by atoms with Gasteiger partial charge in [-0.25, -0.2) is 0 Å². The summed E-state index contributed by atoms with van der Waals surface area (Å²) in [6, 6.07) is 17.9. The highest BCUT2D eigenvalue weighted by Crippen LogP contribution is 2.18. The number of carbonyl (C=O) groups is 3. The molecule has 3 rings (SSSR count). The Balaban J connectivity index is 1.55. The Morgan fingerprint density at radius 1 is 0.844 bits per heavy atom. The molecule has 2 aromatic carbocycles. The Kier molecular flexibility index (Phi) is 8.16. The molecule has 3 aromatic rings. The molecule has 0 unspecified atom stereocenters. The summed E-state index contributed by atoms with van der Waals surface area (Å²) in [5, 5.41) is 10.5. The summed E-state index contributed by atoms with van der Waals surface area (Å²) in [5.41, 5.74) is 2.19. The molecular formula is C25H27N3O3S. The minimum Gasteiger partial charge on any atom is -0.326 e. The van der Waals surface area contributed by atoms with E-state index < -0.39 is 0 Å². The fourth-order valence-corrected chi connectivity index (χ4v) is 3.76. The highest BCUT2D eigenvalue weighted by Gasteiger charge is 2.11. The summed E-state index contributed by atoms with van der Waals surface area (Å²) in [6.45, 7) is 3.63. The number of thiophene rings is 1. The zero-order chi connectivity index (χ0) is 22.9. The van der Waals surface area contributed by atoms with Crippen LogP contribution in [0.2, 0.25) is 0 Å². The summed E-state index contributed by atoms with van der Waals surface area (Å²) >= 11 is 1.69. The van der Waals surface area contributed by atoms with Gasteiger partial charge in [-0.2, -0.15) is 0 Å². The molecule has 1 heterocycles. The lowest BCUT2D eigenvalue weighted by atomic mass is 10.1. The van der Waals surface area contributed by atoms with E-state index in [9.17, 15) is 14.4 Å². The van der Waals surface area contributed by atoms with Gasteiger partial charge in [0.05, 0.1) is 0 Å². The number of benzene rings is 2. The maximum Gasteiger partial charge on any atom is 0.255 e. The molecule has 6 nitrogen and oxygen atoms in total. The summed E-state index contributed by atoms with van der Waals surface area (Å²) in [4.78, 5) is 38.1. The standard InChI is InChI=1S/C25H27N3O3S/c1-17(2)24(30)27-20-9-4-10-21(16-20)28-25(31)18-7-3-8-19(15-18)26-23(29)13-5-11-22-12-6-14-32-22/h3-4,6-10,12,14-17H,5,11,13H2,1-2H3,(H,26,29)(H,27,30)(H,28,31). The SMILES string of the molecule is CC(C)C(=O)Nc1cccc(NC(=O)c2cccc(NC(=O)CCCc3cccs3)c2)c1. The van der Waals surface area contributed by atoms with Crippen LogP contribution in [0, 0.1) is 5.92 Å². The largest absolute Gasteiger partial charge is 0.326 e. The maximum atomic E-state index is 12.7. The van der Waals surface area contributed by atoms with Crippen molar-refractivity contribution in [1.82, 2.24) is 0 Å². The van der Waals surface area contributed by atoms with E-state index in [1.54, 1.807) is 59.9 Å². The van der Waals surface area contributed by atoms with Gasteiger partial charge in [-0.15, -0.1) is 11.3 Å². The number of nitrogens with one attached hydrogen (secondary N) is 3. The van der Waals surface area contributed by atoms with E-state index in [0.29, 0.717) is 29.0 Å². The van der Waals surface area contributed by atoms with Gasteiger partial charge in [-0.1, -0.05) is 32.0 Å².